The molecule has 7 aromatic carbocycles. The van der Waals surface area contributed by atoms with Crippen LogP contribution in [0.1, 0.15) is 18.9 Å². The van der Waals surface area contributed by atoms with Gasteiger partial charge in [0.05, 0.1) is 16.6 Å². The Hall–Kier alpha value is -5.21. The Morgan fingerprint density at radius 2 is 1.40 bits per heavy atom. The quantitative estimate of drug-likeness (QED) is 0.159. The second kappa shape index (κ2) is 8.64. The predicted molar refractivity (Wildman–Crippen MR) is 180 cm³/mol. The van der Waals surface area contributed by atoms with Crippen molar-refractivity contribution < 1.29 is 0 Å². The van der Waals surface area contributed by atoms with Gasteiger partial charge in [0.1, 0.15) is 5.65 Å². The van der Waals surface area contributed by atoms with E-state index in [0.29, 0.717) is 0 Å². The normalized spacial score (nSPS) is 12.8. The summed E-state index contributed by atoms with van der Waals surface area (Å²) in [6.07, 6.45) is 3.37. The zero-order valence-corrected chi connectivity index (χ0v) is 23.6. The first-order valence-corrected chi connectivity index (χ1v) is 14.8. The van der Waals surface area contributed by atoms with E-state index in [1.165, 1.54) is 75.9 Å². The van der Waals surface area contributed by atoms with Crippen LogP contribution < -0.4 is 5.22 Å². The Bertz CT molecular complexity index is 2620. The second-order valence-electron chi connectivity index (χ2n) is 11.5. The minimum atomic E-state index is 1.01. The van der Waals surface area contributed by atoms with Crippen LogP contribution in [0, 0.1) is 6.92 Å². The molecule has 2 nitrogen and oxygen atoms in total. The molecule has 0 saturated carbocycles. The first-order chi connectivity index (χ1) is 20.7. The minimum absolute atomic E-state index is 1.01. The summed E-state index contributed by atoms with van der Waals surface area (Å²) in [7, 11) is 0. The molecule has 2 heteroatoms. The molecule has 0 aliphatic rings. The average molecular weight is 537 g/mol. The van der Waals surface area contributed by atoms with E-state index in [-0.39, 0.29) is 0 Å². The fourth-order valence-corrected chi connectivity index (χ4v) is 7.20. The summed E-state index contributed by atoms with van der Waals surface area (Å²) >= 11 is 0. The molecule has 2 heterocycles. The van der Waals surface area contributed by atoms with E-state index >= 15 is 0 Å². The van der Waals surface area contributed by atoms with Gasteiger partial charge < -0.3 is 0 Å². The van der Waals surface area contributed by atoms with E-state index in [9.17, 15) is 0 Å². The van der Waals surface area contributed by atoms with Gasteiger partial charge in [0.25, 0.3) is 0 Å². The number of pyridine rings is 1. The standard InChI is InChI=1S/C40H28N2/c1-3-8-25-14-15-26-16-19-30(31-18-13-24(2)38(25)39(26)31)29-17-20-32-33(22-29)34-21-27-9-4-5-10-28(27)23-37(34)42-36-12-7-6-11-35(36)41-40(32)42/h4-23H,3H2,1-2H3/b25-8-. The number of imidazole rings is 1. The van der Waals surface area contributed by atoms with Gasteiger partial charge in [-0.05, 0) is 109 Å². The van der Waals surface area contributed by atoms with Crippen LogP contribution in [0.2, 0.25) is 0 Å². The number of aromatic nitrogens is 2. The maximum absolute atomic E-state index is 5.15. The monoisotopic (exact) mass is 536 g/mol. The third kappa shape index (κ3) is 3.18. The van der Waals surface area contributed by atoms with Gasteiger partial charge in [-0.3, -0.25) is 4.40 Å². The van der Waals surface area contributed by atoms with Gasteiger partial charge in [-0.1, -0.05) is 91.9 Å². The van der Waals surface area contributed by atoms with Crippen LogP contribution in [-0.2, 0) is 0 Å². The molecule has 0 N–H and O–H groups in total. The van der Waals surface area contributed by atoms with Gasteiger partial charge >= 0.3 is 0 Å². The van der Waals surface area contributed by atoms with Crippen molar-refractivity contribution in [2.75, 3.05) is 0 Å². The number of nitrogens with zero attached hydrogens (tertiary/aromatic N) is 2. The molecule has 0 amide bonds. The SMILES string of the molecule is CC/C=c1/ccc2ccc(-c3ccc4c(c3)c3cc5ccccc5cc3n3c5ccccc5nc43)c3ccc(C)c1c23. The summed E-state index contributed by atoms with van der Waals surface area (Å²) in [4.78, 5) is 5.15. The molecule has 42 heavy (non-hydrogen) atoms. The number of hydrogen-bond acceptors (Lipinski definition) is 1. The van der Waals surface area contributed by atoms with Crippen molar-refractivity contribution in [3.05, 3.63) is 126 Å². The molecule has 0 fully saturated rings. The van der Waals surface area contributed by atoms with Gasteiger partial charge in [0.15, 0.2) is 0 Å². The Balaban J connectivity index is 1.42. The molecule has 0 saturated heterocycles. The van der Waals surface area contributed by atoms with Gasteiger partial charge in [-0.15, -0.1) is 0 Å². The highest BCUT2D eigenvalue weighted by atomic mass is 15.0. The highest BCUT2D eigenvalue weighted by molar-refractivity contribution is 6.20. The highest BCUT2D eigenvalue weighted by Gasteiger charge is 2.17. The molecular formula is C40H28N2. The van der Waals surface area contributed by atoms with E-state index in [1.807, 2.05) is 0 Å². The summed E-state index contributed by atoms with van der Waals surface area (Å²) in [5, 5.41) is 12.8. The van der Waals surface area contributed by atoms with Crippen molar-refractivity contribution in [1.82, 2.24) is 9.38 Å². The minimum Gasteiger partial charge on any atom is -0.292 e. The van der Waals surface area contributed by atoms with E-state index in [2.05, 4.69) is 140 Å². The first-order valence-electron chi connectivity index (χ1n) is 14.8. The Labute approximate surface area is 243 Å². The summed E-state index contributed by atoms with van der Waals surface area (Å²) < 4.78 is 2.35. The zero-order chi connectivity index (χ0) is 27.9. The van der Waals surface area contributed by atoms with E-state index in [4.69, 9.17) is 4.98 Å². The van der Waals surface area contributed by atoms with Crippen LogP contribution >= 0.6 is 0 Å². The molecule has 0 aliphatic heterocycles. The van der Waals surface area contributed by atoms with Crippen LogP contribution in [0.4, 0.5) is 0 Å². The molecule has 0 aliphatic carbocycles. The van der Waals surface area contributed by atoms with Crippen molar-refractivity contribution >= 4 is 76.7 Å². The number of aryl methyl sites for hydroxylation is 1. The number of para-hydroxylation sites is 2. The molecule has 198 valence electrons. The molecule has 0 radical (unpaired) electrons. The van der Waals surface area contributed by atoms with Crippen molar-refractivity contribution in [3.8, 4) is 11.1 Å². The maximum atomic E-state index is 5.15. The lowest BCUT2D eigenvalue weighted by Crippen LogP contribution is -2.04. The first kappa shape index (κ1) is 23.5. The third-order valence-electron chi connectivity index (χ3n) is 9.10. The number of fused-ring (bicyclic) bond motifs is 9. The number of rotatable bonds is 2. The molecule has 0 unspecified atom stereocenters. The highest BCUT2D eigenvalue weighted by Crippen LogP contribution is 2.39. The van der Waals surface area contributed by atoms with Crippen molar-refractivity contribution in [2.45, 2.75) is 20.3 Å². The molecular weight excluding hydrogens is 508 g/mol. The molecule has 2 aromatic heterocycles. The number of benzene rings is 7. The van der Waals surface area contributed by atoms with Gasteiger partial charge in [0, 0.05) is 10.8 Å². The van der Waals surface area contributed by atoms with Crippen LogP contribution in [0.25, 0.3) is 87.9 Å². The van der Waals surface area contributed by atoms with E-state index in [1.54, 1.807) is 0 Å². The predicted octanol–water partition coefficient (Wildman–Crippen LogP) is 10.1. The third-order valence-corrected chi connectivity index (χ3v) is 9.10. The summed E-state index contributed by atoms with van der Waals surface area (Å²) in [6, 6.07) is 42.5. The summed E-state index contributed by atoms with van der Waals surface area (Å²) in [5.41, 5.74) is 8.18. The molecule has 0 atom stereocenters. The molecule has 9 rings (SSSR count). The molecule has 9 aromatic rings. The number of hydrogen-bond donors (Lipinski definition) is 0. The Kier molecular flexibility index (Phi) is 4.83. The summed E-state index contributed by atoms with van der Waals surface area (Å²) in [6.45, 7) is 4.45. The van der Waals surface area contributed by atoms with Crippen LogP contribution in [0.5, 0.6) is 0 Å². The van der Waals surface area contributed by atoms with Crippen LogP contribution in [0.15, 0.2) is 115 Å². The zero-order valence-electron chi connectivity index (χ0n) is 23.6. The molecule has 0 bridgehead atoms. The largest absolute Gasteiger partial charge is 0.292 e. The van der Waals surface area contributed by atoms with Gasteiger partial charge in [-0.25, -0.2) is 4.98 Å². The molecule has 0 spiro atoms. The van der Waals surface area contributed by atoms with E-state index in [0.717, 1.165) is 23.1 Å². The van der Waals surface area contributed by atoms with Crippen LogP contribution in [0.3, 0.4) is 0 Å². The van der Waals surface area contributed by atoms with Crippen molar-refractivity contribution in [3.63, 3.8) is 0 Å². The lowest BCUT2D eigenvalue weighted by Gasteiger charge is -2.15. The lowest BCUT2D eigenvalue weighted by molar-refractivity contribution is 1.29. The smallest absolute Gasteiger partial charge is 0.146 e. The Morgan fingerprint density at radius 1 is 0.619 bits per heavy atom. The van der Waals surface area contributed by atoms with Crippen molar-refractivity contribution in [1.29, 1.82) is 0 Å². The van der Waals surface area contributed by atoms with Gasteiger partial charge in [0.2, 0.25) is 0 Å². The Morgan fingerprint density at radius 3 is 2.29 bits per heavy atom. The average Bonchev–Trinajstić information content (AvgIpc) is 3.42. The topological polar surface area (TPSA) is 17.3 Å². The summed E-state index contributed by atoms with van der Waals surface area (Å²) in [5.74, 6) is 0. The second-order valence-corrected chi connectivity index (χ2v) is 11.5. The van der Waals surface area contributed by atoms with Gasteiger partial charge in [-0.2, -0.15) is 0 Å². The fourth-order valence-electron chi connectivity index (χ4n) is 7.20. The fraction of sp³-hybridized carbons (Fsp3) is 0.0750. The lowest BCUT2D eigenvalue weighted by atomic mass is 9.89. The van der Waals surface area contributed by atoms with Crippen molar-refractivity contribution in [2.24, 2.45) is 0 Å². The van der Waals surface area contributed by atoms with Crippen LogP contribution in [-0.4, -0.2) is 9.38 Å². The maximum Gasteiger partial charge on any atom is 0.146 e. The van der Waals surface area contributed by atoms with E-state index < -0.39 is 0 Å².